The zero-order valence-corrected chi connectivity index (χ0v) is 20.0. The molecular weight excluding hydrogens is 470 g/mol. The van der Waals surface area contributed by atoms with Crippen LogP contribution >= 0.6 is 0 Å². The average molecular weight is 494 g/mol. The lowest BCUT2D eigenvalue weighted by atomic mass is 10.0. The zero-order chi connectivity index (χ0) is 26.2. The maximum atomic E-state index is 12.9. The van der Waals surface area contributed by atoms with Gasteiger partial charge >= 0.3 is 0 Å². The third-order valence-corrected chi connectivity index (χ3v) is 5.52. The molecule has 0 bridgehead atoms. The summed E-state index contributed by atoms with van der Waals surface area (Å²) in [5, 5.41) is 25.3. The van der Waals surface area contributed by atoms with Crippen LogP contribution in [-0.2, 0) is 11.4 Å². The number of benzene rings is 4. The van der Waals surface area contributed by atoms with Gasteiger partial charge in [-0.1, -0.05) is 42.5 Å². The van der Waals surface area contributed by atoms with Gasteiger partial charge in [-0.05, 0) is 59.7 Å². The summed E-state index contributed by atoms with van der Waals surface area (Å²) in [7, 11) is 0. The minimum absolute atomic E-state index is 0.0301. The smallest absolute Gasteiger partial charge is 0.269 e. The number of rotatable bonds is 9. The summed E-state index contributed by atoms with van der Waals surface area (Å²) in [6, 6.07) is 26.2. The summed E-state index contributed by atoms with van der Waals surface area (Å²) < 4.78 is 11.4. The highest BCUT2D eigenvalue weighted by Crippen LogP contribution is 2.31. The third-order valence-electron chi connectivity index (χ3n) is 5.52. The quantitative estimate of drug-likeness (QED) is 0.127. The summed E-state index contributed by atoms with van der Waals surface area (Å²) in [5.41, 5.74) is 1.56. The molecule has 0 unspecified atom stereocenters. The van der Waals surface area contributed by atoms with Crippen LogP contribution in [0, 0.1) is 21.4 Å². The number of amides is 1. The maximum absolute atomic E-state index is 12.9. The Bertz CT molecular complexity index is 1520. The highest BCUT2D eigenvalue weighted by Gasteiger charge is 2.15. The molecule has 0 saturated heterocycles. The van der Waals surface area contributed by atoms with E-state index in [-0.39, 0.29) is 17.9 Å². The second-order valence-corrected chi connectivity index (χ2v) is 8.00. The molecule has 0 fully saturated rings. The highest BCUT2D eigenvalue weighted by atomic mass is 16.6. The molecule has 0 aliphatic rings. The Morgan fingerprint density at radius 2 is 1.81 bits per heavy atom. The van der Waals surface area contributed by atoms with E-state index in [1.54, 1.807) is 42.5 Å². The first kappa shape index (κ1) is 24.9. The van der Waals surface area contributed by atoms with Crippen LogP contribution in [-0.4, -0.2) is 17.4 Å². The summed E-state index contributed by atoms with van der Waals surface area (Å²) in [6.07, 6.45) is 1.50. The van der Waals surface area contributed by atoms with Gasteiger partial charge in [-0.15, -0.1) is 0 Å². The van der Waals surface area contributed by atoms with Crippen LogP contribution in [0.25, 0.3) is 16.8 Å². The normalized spacial score (nSPS) is 11.0. The lowest BCUT2D eigenvalue weighted by Crippen LogP contribution is -2.13. The number of carbonyl (C=O) groups excluding carboxylic acids is 1. The average Bonchev–Trinajstić information content (AvgIpc) is 2.92. The first-order chi connectivity index (χ1) is 18.0. The number of carbonyl (C=O) groups is 1. The SMILES string of the molecule is CCOc1ccc(NC(=O)/C(C#N)=C/c2c(OCc3cccc([N+](=O)[O-])c3)ccc3ccccc23)cc1. The Morgan fingerprint density at radius 3 is 2.54 bits per heavy atom. The number of fused-ring (bicyclic) bond motifs is 1. The number of hydrogen-bond donors (Lipinski definition) is 1. The minimum Gasteiger partial charge on any atom is -0.494 e. The van der Waals surface area contributed by atoms with E-state index in [0.29, 0.717) is 34.9 Å². The molecule has 8 heteroatoms. The number of hydrogen-bond acceptors (Lipinski definition) is 6. The fourth-order valence-electron chi connectivity index (χ4n) is 3.76. The van der Waals surface area contributed by atoms with Crippen LogP contribution in [0.5, 0.6) is 11.5 Å². The topological polar surface area (TPSA) is 114 Å². The molecule has 1 amide bonds. The molecule has 37 heavy (non-hydrogen) atoms. The zero-order valence-electron chi connectivity index (χ0n) is 20.0. The third kappa shape index (κ3) is 6.10. The molecule has 0 aliphatic carbocycles. The van der Waals surface area contributed by atoms with Crippen molar-refractivity contribution in [3.63, 3.8) is 0 Å². The molecule has 0 atom stereocenters. The number of anilines is 1. The van der Waals surface area contributed by atoms with E-state index in [1.807, 2.05) is 43.3 Å². The van der Waals surface area contributed by atoms with Crippen LogP contribution in [0.2, 0.25) is 0 Å². The molecule has 0 saturated carbocycles. The summed E-state index contributed by atoms with van der Waals surface area (Å²) in [6.45, 7) is 2.49. The first-order valence-corrected chi connectivity index (χ1v) is 11.5. The monoisotopic (exact) mass is 493 g/mol. The van der Waals surface area contributed by atoms with Crippen molar-refractivity contribution in [2.45, 2.75) is 13.5 Å². The van der Waals surface area contributed by atoms with Gasteiger partial charge in [0.2, 0.25) is 0 Å². The molecule has 8 nitrogen and oxygen atoms in total. The van der Waals surface area contributed by atoms with E-state index < -0.39 is 10.8 Å². The van der Waals surface area contributed by atoms with Gasteiger partial charge in [0.25, 0.3) is 11.6 Å². The van der Waals surface area contributed by atoms with Crippen LogP contribution in [0.15, 0.2) is 90.5 Å². The maximum Gasteiger partial charge on any atom is 0.269 e. The van der Waals surface area contributed by atoms with E-state index in [2.05, 4.69) is 5.32 Å². The van der Waals surface area contributed by atoms with Gasteiger partial charge in [-0.2, -0.15) is 5.26 Å². The van der Waals surface area contributed by atoms with E-state index in [1.165, 1.54) is 18.2 Å². The van der Waals surface area contributed by atoms with Crippen LogP contribution in [0.1, 0.15) is 18.1 Å². The van der Waals surface area contributed by atoms with Crippen molar-refractivity contribution in [1.29, 1.82) is 5.26 Å². The van der Waals surface area contributed by atoms with Gasteiger partial charge in [0, 0.05) is 23.4 Å². The van der Waals surface area contributed by atoms with Crippen LogP contribution < -0.4 is 14.8 Å². The predicted octanol–water partition coefficient (Wildman–Crippen LogP) is 6.27. The lowest BCUT2D eigenvalue weighted by Gasteiger charge is -2.13. The number of ether oxygens (including phenoxy) is 2. The second-order valence-electron chi connectivity index (χ2n) is 8.00. The summed E-state index contributed by atoms with van der Waals surface area (Å²) >= 11 is 0. The van der Waals surface area contributed by atoms with Crippen molar-refractivity contribution < 1.29 is 19.2 Å². The molecule has 4 aromatic carbocycles. The Kier molecular flexibility index (Phi) is 7.76. The van der Waals surface area contributed by atoms with Gasteiger partial charge in [-0.25, -0.2) is 0 Å². The molecule has 1 N–H and O–H groups in total. The standard InChI is InChI=1S/C29H23N3O5/c1-2-36-25-13-11-23(12-14-25)31-29(33)22(18-30)17-27-26-9-4-3-7-21(26)10-15-28(27)37-19-20-6-5-8-24(16-20)32(34)35/h3-17H,2,19H2,1H3,(H,31,33)/b22-17+. The Hall–Kier alpha value is -5.16. The van der Waals surface area contributed by atoms with Gasteiger partial charge in [0.15, 0.2) is 0 Å². The van der Waals surface area contributed by atoms with Crippen molar-refractivity contribution in [2.75, 3.05) is 11.9 Å². The van der Waals surface area contributed by atoms with E-state index in [9.17, 15) is 20.2 Å². The van der Waals surface area contributed by atoms with Gasteiger partial charge < -0.3 is 14.8 Å². The van der Waals surface area contributed by atoms with Crippen LogP contribution in [0.3, 0.4) is 0 Å². The van der Waals surface area contributed by atoms with Crippen molar-refractivity contribution in [3.8, 4) is 17.6 Å². The predicted molar refractivity (Wildman–Crippen MR) is 141 cm³/mol. The number of nitrogens with zero attached hydrogens (tertiary/aromatic N) is 2. The fourth-order valence-corrected chi connectivity index (χ4v) is 3.76. The molecule has 0 radical (unpaired) electrons. The Labute approximate surface area is 213 Å². The Balaban J connectivity index is 1.64. The molecular formula is C29H23N3O5. The van der Waals surface area contributed by atoms with E-state index in [4.69, 9.17) is 9.47 Å². The molecule has 0 aliphatic heterocycles. The van der Waals surface area contributed by atoms with Gasteiger partial charge in [-0.3, -0.25) is 14.9 Å². The minimum atomic E-state index is -0.566. The molecule has 0 heterocycles. The lowest BCUT2D eigenvalue weighted by molar-refractivity contribution is -0.384. The van der Waals surface area contributed by atoms with E-state index >= 15 is 0 Å². The molecule has 4 aromatic rings. The molecule has 0 spiro atoms. The van der Waals surface area contributed by atoms with Crippen molar-refractivity contribution >= 4 is 34.1 Å². The second kappa shape index (κ2) is 11.5. The first-order valence-electron chi connectivity index (χ1n) is 11.5. The Morgan fingerprint density at radius 1 is 1.03 bits per heavy atom. The number of nitrogens with one attached hydrogen (secondary N) is 1. The van der Waals surface area contributed by atoms with Crippen molar-refractivity contribution in [1.82, 2.24) is 0 Å². The van der Waals surface area contributed by atoms with Crippen LogP contribution in [0.4, 0.5) is 11.4 Å². The summed E-state index contributed by atoms with van der Waals surface area (Å²) in [5.74, 6) is 0.550. The summed E-state index contributed by atoms with van der Waals surface area (Å²) in [4.78, 5) is 23.6. The number of nitro benzene ring substituents is 1. The molecule has 4 rings (SSSR count). The number of nitro groups is 1. The van der Waals surface area contributed by atoms with Crippen molar-refractivity contribution in [3.05, 3.63) is 112 Å². The number of non-ortho nitro benzene ring substituents is 1. The molecule has 184 valence electrons. The highest BCUT2D eigenvalue weighted by molar-refractivity contribution is 6.11. The van der Waals surface area contributed by atoms with Gasteiger partial charge in [0.1, 0.15) is 29.7 Å². The van der Waals surface area contributed by atoms with Gasteiger partial charge in [0.05, 0.1) is 11.5 Å². The van der Waals surface area contributed by atoms with E-state index in [0.717, 1.165) is 10.8 Å². The number of nitriles is 1. The van der Waals surface area contributed by atoms with Crippen molar-refractivity contribution in [2.24, 2.45) is 0 Å². The fraction of sp³-hybridized carbons (Fsp3) is 0.103. The molecule has 0 aromatic heterocycles. The largest absolute Gasteiger partial charge is 0.494 e.